The molecule has 1 N–H and O–H groups in total. The van der Waals surface area contributed by atoms with Crippen molar-refractivity contribution in [2.45, 2.75) is 6.92 Å². The minimum Gasteiger partial charge on any atom is -0.475 e. The number of fused-ring (bicyclic) bond motifs is 1. The van der Waals surface area contributed by atoms with Crippen LogP contribution in [0.15, 0.2) is 33.1 Å². The zero-order valence-electron chi connectivity index (χ0n) is 11.1. The fourth-order valence-electron chi connectivity index (χ4n) is 2.08. The third-order valence-electron chi connectivity index (χ3n) is 3.11. The van der Waals surface area contributed by atoms with E-state index in [1.165, 1.54) is 18.2 Å². The first kappa shape index (κ1) is 14.7. The number of halogens is 2. The first-order valence-corrected chi connectivity index (χ1v) is 6.90. The van der Waals surface area contributed by atoms with Gasteiger partial charge < -0.3 is 13.9 Å². The summed E-state index contributed by atoms with van der Waals surface area (Å²) in [6.07, 6.45) is 0. The highest BCUT2D eigenvalue weighted by molar-refractivity contribution is 6.47. The Morgan fingerprint density at radius 2 is 1.77 bits per heavy atom. The van der Waals surface area contributed by atoms with Gasteiger partial charge in [0, 0.05) is 10.9 Å². The zero-order valence-corrected chi connectivity index (χ0v) is 12.7. The van der Waals surface area contributed by atoms with Gasteiger partial charge >= 0.3 is 5.97 Å². The molecule has 0 aliphatic heterocycles. The second-order valence-electron chi connectivity index (χ2n) is 4.63. The molecule has 0 bridgehead atoms. The van der Waals surface area contributed by atoms with Crippen LogP contribution in [0, 0.1) is 6.92 Å². The molecule has 2 aromatic heterocycles. The van der Waals surface area contributed by atoms with Crippen LogP contribution in [-0.2, 0) is 0 Å². The fraction of sp³-hybridized carbons (Fsp3) is 0.0667. The standard InChI is InChI=1S/C15H8Cl2O5/c1-6-2-3-9(21-6)13(18)8-4-7-5-10(15(19)20)22-14(7)12(17)11(8)16/h2-5H,1H3,(H,19,20). The van der Waals surface area contributed by atoms with Crippen molar-refractivity contribution in [1.82, 2.24) is 0 Å². The number of aromatic carboxylic acids is 1. The average molecular weight is 339 g/mol. The van der Waals surface area contributed by atoms with E-state index in [-0.39, 0.29) is 32.7 Å². The van der Waals surface area contributed by atoms with Crippen molar-refractivity contribution in [2.24, 2.45) is 0 Å². The number of aryl methyl sites for hydroxylation is 1. The second kappa shape index (κ2) is 5.19. The number of carboxylic acids is 1. The molecule has 3 rings (SSSR count). The molecule has 0 amide bonds. The van der Waals surface area contributed by atoms with Crippen LogP contribution in [0.4, 0.5) is 0 Å². The number of carboxylic acid groups (broad SMARTS) is 1. The molecule has 0 radical (unpaired) electrons. The van der Waals surface area contributed by atoms with Gasteiger partial charge in [0.15, 0.2) is 11.3 Å². The summed E-state index contributed by atoms with van der Waals surface area (Å²) >= 11 is 12.2. The minimum atomic E-state index is -1.24. The van der Waals surface area contributed by atoms with Crippen LogP contribution < -0.4 is 0 Å². The Labute approximate surface area is 134 Å². The maximum absolute atomic E-state index is 12.4. The Hall–Kier alpha value is -2.24. The van der Waals surface area contributed by atoms with Gasteiger partial charge in [-0.25, -0.2) is 4.79 Å². The first-order valence-electron chi connectivity index (χ1n) is 6.14. The lowest BCUT2D eigenvalue weighted by Crippen LogP contribution is -2.01. The summed E-state index contributed by atoms with van der Waals surface area (Å²) in [6, 6.07) is 5.90. The summed E-state index contributed by atoms with van der Waals surface area (Å²) in [7, 11) is 0. The number of carbonyl (C=O) groups excluding carboxylic acids is 1. The topological polar surface area (TPSA) is 80.7 Å². The molecule has 22 heavy (non-hydrogen) atoms. The number of hydrogen-bond donors (Lipinski definition) is 1. The summed E-state index contributed by atoms with van der Waals surface area (Å²) in [5, 5.41) is 9.30. The molecule has 0 fully saturated rings. The van der Waals surface area contributed by atoms with Crippen molar-refractivity contribution in [3.63, 3.8) is 0 Å². The van der Waals surface area contributed by atoms with Crippen LogP contribution in [0.1, 0.15) is 32.4 Å². The summed E-state index contributed by atoms with van der Waals surface area (Å²) in [4.78, 5) is 23.4. The van der Waals surface area contributed by atoms with Gasteiger partial charge in [-0.1, -0.05) is 23.2 Å². The molecule has 3 aromatic rings. The van der Waals surface area contributed by atoms with Crippen molar-refractivity contribution in [1.29, 1.82) is 0 Å². The summed E-state index contributed by atoms with van der Waals surface area (Å²) in [5.74, 6) is -1.26. The van der Waals surface area contributed by atoms with Crippen molar-refractivity contribution in [2.75, 3.05) is 0 Å². The highest BCUT2D eigenvalue weighted by Crippen LogP contribution is 2.37. The van der Waals surface area contributed by atoms with Crippen molar-refractivity contribution >= 4 is 45.9 Å². The van der Waals surface area contributed by atoms with Crippen molar-refractivity contribution < 1.29 is 23.5 Å². The van der Waals surface area contributed by atoms with Crippen LogP contribution in [0.2, 0.25) is 10.0 Å². The Bertz CT molecular complexity index is 920. The van der Waals surface area contributed by atoms with E-state index in [0.29, 0.717) is 11.1 Å². The minimum absolute atomic E-state index is 0.0143. The molecule has 5 nitrogen and oxygen atoms in total. The van der Waals surface area contributed by atoms with Gasteiger partial charge in [-0.15, -0.1) is 0 Å². The van der Waals surface area contributed by atoms with E-state index in [4.69, 9.17) is 37.1 Å². The van der Waals surface area contributed by atoms with Gasteiger partial charge in [0.05, 0.1) is 5.02 Å². The number of hydrogen-bond acceptors (Lipinski definition) is 4. The van der Waals surface area contributed by atoms with Crippen LogP contribution in [0.5, 0.6) is 0 Å². The molecule has 0 aliphatic rings. The normalized spacial score (nSPS) is 11.0. The molecule has 2 heterocycles. The summed E-state index contributed by atoms with van der Waals surface area (Å²) < 4.78 is 10.4. The Morgan fingerprint density at radius 1 is 1.05 bits per heavy atom. The summed E-state index contributed by atoms with van der Waals surface area (Å²) in [5.41, 5.74) is 0.238. The molecular weight excluding hydrogens is 331 g/mol. The number of furan rings is 2. The predicted octanol–water partition coefficient (Wildman–Crippen LogP) is 4.57. The smallest absolute Gasteiger partial charge is 0.371 e. The van der Waals surface area contributed by atoms with Gasteiger partial charge in [0.1, 0.15) is 10.8 Å². The van der Waals surface area contributed by atoms with Crippen molar-refractivity contribution in [3.05, 3.63) is 57.2 Å². The maximum atomic E-state index is 12.4. The molecule has 0 aliphatic carbocycles. The monoisotopic (exact) mass is 338 g/mol. The van der Waals surface area contributed by atoms with E-state index in [2.05, 4.69) is 0 Å². The van der Waals surface area contributed by atoms with E-state index in [9.17, 15) is 9.59 Å². The largest absolute Gasteiger partial charge is 0.475 e. The van der Waals surface area contributed by atoms with E-state index in [1.807, 2.05) is 0 Å². The van der Waals surface area contributed by atoms with Gasteiger partial charge in [-0.3, -0.25) is 4.79 Å². The van der Waals surface area contributed by atoms with Crippen molar-refractivity contribution in [3.8, 4) is 0 Å². The number of ketones is 1. The van der Waals surface area contributed by atoms with Gasteiger partial charge in [0.2, 0.25) is 11.5 Å². The zero-order chi connectivity index (χ0) is 16.0. The highest BCUT2D eigenvalue weighted by atomic mass is 35.5. The molecule has 0 spiro atoms. The predicted molar refractivity (Wildman–Crippen MR) is 80.1 cm³/mol. The van der Waals surface area contributed by atoms with Gasteiger partial charge in [-0.05, 0) is 31.2 Å². The average Bonchev–Trinajstić information content (AvgIpc) is 3.08. The SMILES string of the molecule is Cc1ccc(C(=O)c2cc3cc(C(=O)O)oc3c(Cl)c2Cl)o1. The Balaban J connectivity index is 2.20. The first-order chi connectivity index (χ1) is 10.4. The molecule has 7 heteroatoms. The van der Waals surface area contributed by atoms with Crippen LogP contribution in [0.25, 0.3) is 11.0 Å². The lowest BCUT2D eigenvalue weighted by atomic mass is 10.1. The van der Waals surface area contributed by atoms with Gasteiger partial charge in [0.25, 0.3) is 0 Å². The molecule has 112 valence electrons. The van der Waals surface area contributed by atoms with Crippen LogP contribution in [0.3, 0.4) is 0 Å². The fourth-order valence-corrected chi connectivity index (χ4v) is 2.56. The second-order valence-corrected chi connectivity index (χ2v) is 5.38. The Morgan fingerprint density at radius 3 is 2.36 bits per heavy atom. The highest BCUT2D eigenvalue weighted by Gasteiger charge is 2.23. The maximum Gasteiger partial charge on any atom is 0.371 e. The third kappa shape index (κ3) is 2.28. The molecule has 0 saturated heterocycles. The lowest BCUT2D eigenvalue weighted by molar-refractivity contribution is 0.0665. The Kier molecular flexibility index (Phi) is 3.47. The van der Waals surface area contributed by atoms with E-state index in [1.54, 1.807) is 13.0 Å². The molecule has 0 atom stereocenters. The third-order valence-corrected chi connectivity index (χ3v) is 3.96. The van der Waals surface area contributed by atoms with E-state index >= 15 is 0 Å². The van der Waals surface area contributed by atoms with Gasteiger partial charge in [-0.2, -0.15) is 0 Å². The molecule has 0 unspecified atom stereocenters. The molecular formula is C15H8Cl2O5. The quantitative estimate of drug-likeness (QED) is 0.707. The number of rotatable bonds is 3. The van der Waals surface area contributed by atoms with Crippen LogP contribution >= 0.6 is 23.2 Å². The summed E-state index contributed by atoms with van der Waals surface area (Å²) in [6.45, 7) is 1.71. The van der Waals surface area contributed by atoms with Crippen LogP contribution in [-0.4, -0.2) is 16.9 Å². The number of benzene rings is 1. The lowest BCUT2D eigenvalue weighted by Gasteiger charge is -2.04. The van der Waals surface area contributed by atoms with E-state index in [0.717, 1.165) is 0 Å². The number of carbonyl (C=O) groups is 2. The molecule has 0 saturated carbocycles. The van der Waals surface area contributed by atoms with E-state index < -0.39 is 11.8 Å². The molecule has 1 aromatic carbocycles.